The van der Waals surface area contributed by atoms with Crippen molar-refractivity contribution in [3.05, 3.63) is 89.9 Å². The summed E-state index contributed by atoms with van der Waals surface area (Å²) in [4.78, 5) is 36.7. The Morgan fingerprint density at radius 3 is 2.44 bits per heavy atom. The van der Waals surface area contributed by atoms with Crippen LogP contribution in [0.3, 0.4) is 0 Å². The minimum Gasteiger partial charge on any atom is -0.467 e. The average molecular weight is 434 g/mol. The average Bonchev–Trinajstić information content (AvgIpc) is 3.34. The third-order valence-electron chi connectivity index (χ3n) is 4.72. The zero-order valence-electron chi connectivity index (χ0n) is 17.7. The van der Waals surface area contributed by atoms with Crippen molar-refractivity contribution in [1.82, 2.24) is 5.32 Å². The molecule has 3 aromatic rings. The second-order valence-electron chi connectivity index (χ2n) is 7.17. The topological polar surface area (TPSA) is 97.6 Å². The second-order valence-corrected chi connectivity index (χ2v) is 7.17. The van der Waals surface area contributed by atoms with Gasteiger partial charge in [-0.15, -0.1) is 0 Å². The standard InChI is InChI=1S/C25H26N2O5/c28-23(14-15-24(29)32-17-6-10-19-8-2-1-3-9-19)27-22-13-5-4-12-21(22)25(30)26-18-20-11-7-16-31-20/h1-5,7-9,11-13,16H,6,10,14-15,17-18H2,(H,26,30)(H,27,28). The SMILES string of the molecule is O=C(CCC(=O)OCCCc1ccccc1)Nc1ccccc1C(=O)NCc1ccco1. The summed E-state index contributed by atoms with van der Waals surface area (Å²) < 4.78 is 10.4. The maximum Gasteiger partial charge on any atom is 0.306 e. The van der Waals surface area contributed by atoms with Gasteiger partial charge in [-0.25, -0.2) is 0 Å². The number of anilines is 1. The fraction of sp³-hybridized carbons (Fsp3) is 0.240. The first-order valence-electron chi connectivity index (χ1n) is 10.5. The van der Waals surface area contributed by atoms with Gasteiger partial charge in [0.05, 0.1) is 37.1 Å². The number of hydrogen-bond donors (Lipinski definition) is 2. The Kier molecular flexibility index (Phi) is 8.62. The molecule has 1 aromatic heterocycles. The predicted molar refractivity (Wildman–Crippen MR) is 120 cm³/mol. The number of ether oxygens (including phenoxy) is 1. The largest absolute Gasteiger partial charge is 0.467 e. The number of esters is 1. The molecular formula is C25H26N2O5. The Hall–Kier alpha value is -3.87. The number of nitrogens with one attached hydrogen (secondary N) is 2. The van der Waals surface area contributed by atoms with Gasteiger partial charge in [0, 0.05) is 6.42 Å². The smallest absolute Gasteiger partial charge is 0.306 e. The molecule has 7 heteroatoms. The summed E-state index contributed by atoms with van der Waals surface area (Å²) in [5.74, 6) is -0.493. The molecule has 0 bridgehead atoms. The lowest BCUT2D eigenvalue weighted by molar-refractivity contribution is -0.144. The van der Waals surface area contributed by atoms with Gasteiger partial charge >= 0.3 is 5.97 Å². The van der Waals surface area contributed by atoms with Crippen molar-refractivity contribution >= 4 is 23.5 Å². The third kappa shape index (κ3) is 7.43. The molecule has 166 valence electrons. The molecule has 0 aliphatic rings. The number of benzene rings is 2. The predicted octanol–water partition coefficient (Wildman–Crippen LogP) is 4.10. The number of carbonyl (C=O) groups is 3. The summed E-state index contributed by atoms with van der Waals surface area (Å²) in [5.41, 5.74) is 1.90. The van der Waals surface area contributed by atoms with Gasteiger partial charge in [-0.05, 0) is 42.7 Å². The fourth-order valence-electron chi connectivity index (χ4n) is 3.07. The number of carbonyl (C=O) groups excluding carboxylic acids is 3. The van der Waals surface area contributed by atoms with E-state index in [0.29, 0.717) is 23.6 Å². The van der Waals surface area contributed by atoms with E-state index in [2.05, 4.69) is 10.6 Å². The minimum atomic E-state index is -0.419. The minimum absolute atomic E-state index is 0.0238. The summed E-state index contributed by atoms with van der Waals surface area (Å²) in [6.45, 7) is 0.554. The third-order valence-corrected chi connectivity index (χ3v) is 4.72. The van der Waals surface area contributed by atoms with E-state index in [9.17, 15) is 14.4 Å². The molecule has 2 N–H and O–H groups in total. The molecule has 0 radical (unpaired) electrons. The van der Waals surface area contributed by atoms with E-state index in [1.54, 1.807) is 36.4 Å². The first kappa shape index (κ1) is 22.8. The Morgan fingerprint density at radius 2 is 1.66 bits per heavy atom. The Bertz CT molecular complexity index is 1020. The Labute approximate surface area is 186 Å². The van der Waals surface area contributed by atoms with Crippen LogP contribution in [0.5, 0.6) is 0 Å². The quantitative estimate of drug-likeness (QED) is 0.350. The number of amides is 2. The summed E-state index contributed by atoms with van der Waals surface area (Å²) in [7, 11) is 0. The van der Waals surface area contributed by atoms with E-state index in [1.807, 2.05) is 30.3 Å². The fourth-order valence-corrected chi connectivity index (χ4v) is 3.07. The van der Waals surface area contributed by atoms with Crippen LogP contribution in [0.4, 0.5) is 5.69 Å². The van der Waals surface area contributed by atoms with E-state index in [0.717, 1.165) is 12.8 Å². The second kappa shape index (κ2) is 12.1. The van der Waals surface area contributed by atoms with Crippen LogP contribution in [0, 0.1) is 0 Å². The van der Waals surface area contributed by atoms with Crippen LogP contribution in [0.1, 0.15) is 40.9 Å². The number of rotatable bonds is 11. The molecular weight excluding hydrogens is 408 g/mol. The lowest BCUT2D eigenvalue weighted by atomic mass is 10.1. The molecule has 1 heterocycles. The number of hydrogen-bond acceptors (Lipinski definition) is 5. The molecule has 0 atom stereocenters. The zero-order chi connectivity index (χ0) is 22.6. The van der Waals surface area contributed by atoms with E-state index >= 15 is 0 Å². The summed E-state index contributed by atoms with van der Waals surface area (Å²) in [6, 6.07) is 20.2. The van der Waals surface area contributed by atoms with Crippen molar-refractivity contribution < 1.29 is 23.5 Å². The highest BCUT2D eigenvalue weighted by atomic mass is 16.5. The van der Waals surface area contributed by atoms with Crippen molar-refractivity contribution in [3.63, 3.8) is 0 Å². The van der Waals surface area contributed by atoms with Crippen molar-refractivity contribution in [3.8, 4) is 0 Å². The lowest BCUT2D eigenvalue weighted by Gasteiger charge is -2.11. The molecule has 0 fully saturated rings. The van der Waals surface area contributed by atoms with Crippen molar-refractivity contribution in [1.29, 1.82) is 0 Å². The Balaban J connectivity index is 1.39. The number of aryl methyl sites for hydroxylation is 1. The Morgan fingerprint density at radius 1 is 0.875 bits per heavy atom. The molecule has 7 nitrogen and oxygen atoms in total. The van der Waals surface area contributed by atoms with Gasteiger partial charge in [0.15, 0.2) is 0 Å². The van der Waals surface area contributed by atoms with E-state index in [1.165, 1.54) is 11.8 Å². The van der Waals surface area contributed by atoms with Crippen LogP contribution in [0.15, 0.2) is 77.4 Å². The van der Waals surface area contributed by atoms with Gasteiger partial charge in [-0.2, -0.15) is 0 Å². The molecule has 2 amide bonds. The molecule has 0 aliphatic carbocycles. The maximum absolute atomic E-state index is 12.5. The molecule has 3 rings (SSSR count). The first-order valence-corrected chi connectivity index (χ1v) is 10.5. The van der Waals surface area contributed by atoms with Gasteiger partial charge in [0.2, 0.25) is 5.91 Å². The van der Waals surface area contributed by atoms with E-state index in [4.69, 9.17) is 9.15 Å². The highest BCUT2D eigenvalue weighted by molar-refractivity contribution is 6.04. The van der Waals surface area contributed by atoms with E-state index in [-0.39, 0.29) is 31.2 Å². The summed E-state index contributed by atoms with van der Waals surface area (Å²) in [6.07, 6.45) is 3.03. The van der Waals surface area contributed by atoms with Crippen LogP contribution in [0.2, 0.25) is 0 Å². The molecule has 0 unspecified atom stereocenters. The van der Waals surface area contributed by atoms with E-state index < -0.39 is 5.97 Å². The first-order chi connectivity index (χ1) is 15.6. The van der Waals surface area contributed by atoms with Gasteiger partial charge in [0.25, 0.3) is 5.91 Å². The molecule has 0 saturated heterocycles. The molecule has 0 saturated carbocycles. The number of para-hydroxylation sites is 1. The highest BCUT2D eigenvalue weighted by Crippen LogP contribution is 2.16. The van der Waals surface area contributed by atoms with Gasteiger partial charge in [-0.3, -0.25) is 14.4 Å². The zero-order valence-corrected chi connectivity index (χ0v) is 17.7. The van der Waals surface area contributed by atoms with Crippen LogP contribution < -0.4 is 10.6 Å². The molecule has 32 heavy (non-hydrogen) atoms. The van der Waals surface area contributed by atoms with Crippen molar-refractivity contribution in [2.24, 2.45) is 0 Å². The summed E-state index contributed by atoms with van der Waals surface area (Å²) in [5, 5.41) is 5.45. The lowest BCUT2D eigenvalue weighted by Crippen LogP contribution is -2.24. The highest BCUT2D eigenvalue weighted by Gasteiger charge is 2.14. The molecule has 0 spiro atoms. The monoisotopic (exact) mass is 434 g/mol. The van der Waals surface area contributed by atoms with Crippen molar-refractivity contribution in [2.45, 2.75) is 32.2 Å². The van der Waals surface area contributed by atoms with Crippen LogP contribution >= 0.6 is 0 Å². The number of furan rings is 1. The van der Waals surface area contributed by atoms with Gasteiger partial charge in [0.1, 0.15) is 5.76 Å². The van der Waals surface area contributed by atoms with Crippen molar-refractivity contribution in [2.75, 3.05) is 11.9 Å². The van der Waals surface area contributed by atoms with Crippen LogP contribution in [-0.2, 0) is 27.3 Å². The van der Waals surface area contributed by atoms with Gasteiger partial charge < -0.3 is 19.8 Å². The van der Waals surface area contributed by atoms with Crippen LogP contribution in [0.25, 0.3) is 0 Å². The molecule has 2 aromatic carbocycles. The summed E-state index contributed by atoms with van der Waals surface area (Å²) >= 11 is 0. The molecule has 0 aliphatic heterocycles. The van der Waals surface area contributed by atoms with Crippen LogP contribution in [-0.4, -0.2) is 24.4 Å². The van der Waals surface area contributed by atoms with Gasteiger partial charge in [-0.1, -0.05) is 42.5 Å². The normalized spacial score (nSPS) is 10.4. The maximum atomic E-state index is 12.5.